The molecular weight excluding hydrogens is 295 g/mol. The van der Waals surface area contributed by atoms with Gasteiger partial charge in [0.1, 0.15) is 17.5 Å². The van der Waals surface area contributed by atoms with Gasteiger partial charge in [0.2, 0.25) is 0 Å². The topological polar surface area (TPSA) is 51.0 Å². The minimum Gasteiger partial charge on any atom is -0.336 e. The molecule has 1 fully saturated rings. The van der Waals surface area contributed by atoms with Crippen LogP contribution in [0.3, 0.4) is 0 Å². The van der Waals surface area contributed by atoms with E-state index in [-0.39, 0.29) is 17.8 Å². The second-order valence-electron chi connectivity index (χ2n) is 6.16. The summed E-state index contributed by atoms with van der Waals surface area (Å²) in [5, 5.41) is 4.44. The van der Waals surface area contributed by atoms with Crippen LogP contribution in [0.5, 0.6) is 0 Å². The van der Waals surface area contributed by atoms with Crippen LogP contribution in [0.25, 0.3) is 0 Å². The van der Waals surface area contributed by atoms with Gasteiger partial charge >= 0.3 is 0 Å². The molecule has 0 spiro atoms. The quantitative estimate of drug-likeness (QED) is 0.856. The van der Waals surface area contributed by atoms with Crippen LogP contribution < -0.4 is 0 Å². The van der Waals surface area contributed by atoms with Crippen molar-refractivity contribution in [3.63, 3.8) is 0 Å². The van der Waals surface area contributed by atoms with E-state index in [2.05, 4.69) is 10.1 Å². The molecule has 5 nitrogen and oxygen atoms in total. The number of carbonyl (C=O) groups is 1. The molecule has 1 aromatic heterocycles. The first kappa shape index (κ1) is 15.6. The van der Waals surface area contributed by atoms with Crippen molar-refractivity contribution in [1.29, 1.82) is 0 Å². The zero-order valence-electron chi connectivity index (χ0n) is 13.7. The standard InChI is InChI=1S/C17H21FN4O/c1-11-6-7-14(18)9-16(11)17(23)21-8-4-5-15(10-21)22-13(3)19-12(2)20-22/h6-7,9,15H,4-5,8,10H2,1-3H3/t15-/m0/s1. The van der Waals surface area contributed by atoms with Crippen LogP contribution in [0.4, 0.5) is 4.39 Å². The van der Waals surface area contributed by atoms with Gasteiger partial charge in [-0.2, -0.15) is 5.10 Å². The Kier molecular flexibility index (Phi) is 4.15. The van der Waals surface area contributed by atoms with Gasteiger partial charge in [-0.3, -0.25) is 4.79 Å². The first-order valence-electron chi connectivity index (χ1n) is 7.91. The van der Waals surface area contributed by atoms with Gasteiger partial charge in [0.15, 0.2) is 0 Å². The Morgan fingerprint density at radius 3 is 2.78 bits per heavy atom. The lowest BCUT2D eigenvalue weighted by molar-refractivity contribution is 0.0670. The number of benzene rings is 1. The number of carbonyl (C=O) groups excluding carboxylic acids is 1. The molecule has 2 aromatic rings. The number of nitrogens with zero attached hydrogens (tertiary/aromatic N) is 4. The van der Waals surface area contributed by atoms with E-state index in [1.165, 1.54) is 12.1 Å². The third kappa shape index (κ3) is 3.11. The maximum atomic E-state index is 13.5. The second-order valence-corrected chi connectivity index (χ2v) is 6.16. The molecule has 1 aliphatic heterocycles. The molecule has 122 valence electrons. The van der Waals surface area contributed by atoms with Gasteiger partial charge in [0, 0.05) is 18.7 Å². The van der Waals surface area contributed by atoms with Gasteiger partial charge in [-0.05, 0) is 51.3 Å². The lowest BCUT2D eigenvalue weighted by atomic mass is 10.0. The molecule has 0 N–H and O–H groups in total. The normalized spacial score (nSPS) is 18.3. The Hall–Kier alpha value is -2.24. The van der Waals surface area contributed by atoms with E-state index in [0.717, 1.165) is 30.1 Å². The molecule has 1 saturated heterocycles. The number of aryl methyl sites for hydroxylation is 3. The maximum absolute atomic E-state index is 13.5. The highest BCUT2D eigenvalue weighted by Gasteiger charge is 2.28. The monoisotopic (exact) mass is 316 g/mol. The summed E-state index contributed by atoms with van der Waals surface area (Å²) in [6.07, 6.45) is 1.87. The summed E-state index contributed by atoms with van der Waals surface area (Å²) in [4.78, 5) is 18.9. The minimum absolute atomic E-state index is 0.110. The van der Waals surface area contributed by atoms with Crippen LogP contribution in [-0.2, 0) is 0 Å². The van der Waals surface area contributed by atoms with Gasteiger partial charge < -0.3 is 4.90 Å². The van der Waals surface area contributed by atoms with E-state index in [0.29, 0.717) is 18.7 Å². The molecule has 6 heteroatoms. The molecule has 1 atom stereocenters. The highest BCUT2D eigenvalue weighted by atomic mass is 19.1. The summed E-state index contributed by atoms with van der Waals surface area (Å²) < 4.78 is 15.4. The third-order valence-corrected chi connectivity index (χ3v) is 4.37. The van der Waals surface area contributed by atoms with Crippen LogP contribution in [0, 0.1) is 26.6 Å². The predicted octanol–water partition coefficient (Wildman–Crippen LogP) is 2.82. The zero-order chi connectivity index (χ0) is 16.6. The lowest BCUT2D eigenvalue weighted by Gasteiger charge is -2.33. The average Bonchev–Trinajstić information content (AvgIpc) is 2.88. The summed E-state index contributed by atoms with van der Waals surface area (Å²) in [5.41, 5.74) is 1.24. The van der Waals surface area contributed by atoms with E-state index >= 15 is 0 Å². The van der Waals surface area contributed by atoms with Crippen molar-refractivity contribution in [3.8, 4) is 0 Å². The summed E-state index contributed by atoms with van der Waals surface area (Å²) in [6, 6.07) is 4.48. The van der Waals surface area contributed by atoms with Crippen molar-refractivity contribution in [2.45, 2.75) is 39.7 Å². The number of halogens is 1. The first-order chi connectivity index (χ1) is 11.0. The zero-order valence-corrected chi connectivity index (χ0v) is 13.7. The Labute approximate surface area is 135 Å². The molecule has 23 heavy (non-hydrogen) atoms. The van der Waals surface area contributed by atoms with Crippen LogP contribution >= 0.6 is 0 Å². The van der Waals surface area contributed by atoms with Crippen molar-refractivity contribution in [2.24, 2.45) is 0 Å². The Balaban J connectivity index is 1.82. The van der Waals surface area contributed by atoms with Crippen molar-refractivity contribution in [3.05, 3.63) is 46.8 Å². The summed E-state index contributed by atoms with van der Waals surface area (Å²) in [6.45, 7) is 6.90. The van der Waals surface area contributed by atoms with Gasteiger partial charge in [0.05, 0.1) is 6.04 Å². The second kappa shape index (κ2) is 6.10. The SMILES string of the molecule is Cc1nc(C)n([C@H]2CCCN(C(=O)c3cc(F)ccc3C)C2)n1. The van der Waals surface area contributed by atoms with Gasteiger partial charge in [-0.25, -0.2) is 14.1 Å². The number of aromatic nitrogens is 3. The maximum Gasteiger partial charge on any atom is 0.254 e. The molecule has 1 aromatic carbocycles. The largest absolute Gasteiger partial charge is 0.336 e. The van der Waals surface area contributed by atoms with Gasteiger partial charge in [-0.15, -0.1) is 0 Å². The third-order valence-electron chi connectivity index (χ3n) is 4.37. The van der Waals surface area contributed by atoms with Crippen molar-refractivity contribution < 1.29 is 9.18 Å². The van der Waals surface area contributed by atoms with Gasteiger partial charge in [-0.1, -0.05) is 6.07 Å². The van der Waals surface area contributed by atoms with Crippen molar-refractivity contribution in [2.75, 3.05) is 13.1 Å². The fourth-order valence-electron chi connectivity index (χ4n) is 3.22. The fraction of sp³-hybridized carbons (Fsp3) is 0.471. The van der Waals surface area contributed by atoms with E-state index in [1.807, 2.05) is 25.5 Å². The Morgan fingerprint density at radius 2 is 2.09 bits per heavy atom. The van der Waals surface area contributed by atoms with Gasteiger partial charge in [0.25, 0.3) is 5.91 Å². The number of amides is 1. The van der Waals surface area contributed by atoms with E-state index in [9.17, 15) is 9.18 Å². The highest BCUT2D eigenvalue weighted by Crippen LogP contribution is 2.24. The molecule has 1 aliphatic rings. The van der Waals surface area contributed by atoms with E-state index < -0.39 is 0 Å². The van der Waals surface area contributed by atoms with Crippen LogP contribution in [0.2, 0.25) is 0 Å². The Morgan fingerprint density at radius 1 is 1.30 bits per heavy atom. The molecular formula is C17H21FN4O. The molecule has 2 heterocycles. The molecule has 0 radical (unpaired) electrons. The van der Waals surface area contributed by atoms with E-state index in [4.69, 9.17) is 0 Å². The predicted molar refractivity (Wildman–Crippen MR) is 84.8 cm³/mol. The highest BCUT2D eigenvalue weighted by molar-refractivity contribution is 5.95. The smallest absolute Gasteiger partial charge is 0.254 e. The molecule has 1 amide bonds. The molecule has 3 rings (SSSR count). The van der Waals surface area contributed by atoms with Crippen LogP contribution in [0.15, 0.2) is 18.2 Å². The fourth-order valence-corrected chi connectivity index (χ4v) is 3.22. The summed E-state index contributed by atoms with van der Waals surface area (Å²) in [5.74, 6) is 1.12. The molecule has 0 aliphatic carbocycles. The van der Waals surface area contributed by atoms with E-state index in [1.54, 1.807) is 11.0 Å². The number of hydrogen-bond donors (Lipinski definition) is 0. The molecule has 0 saturated carbocycles. The molecule has 0 unspecified atom stereocenters. The van der Waals surface area contributed by atoms with Crippen molar-refractivity contribution in [1.82, 2.24) is 19.7 Å². The van der Waals surface area contributed by atoms with Crippen molar-refractivity contribution >= 4 is 5.91 Å². The summed E-state index contributed by atoms with van der Waals surface area (Å²) >= 11 is 0. The Bertz CT molecular complexity index is 740. The minimum atomic E-state index is -0.379. The lowest BCUT2D eigenvalue weighted by Crippen LogP contribution is -2.41. The first-order valence-corrected chi connectivity index (χ1v) is 7.91. The molecule has 0 bridgehead atoms. The number of piperidine rings is 1. The number of rotatable bonds is 2. The average molecular weight is 316 g/mol. The van der Waals surface area contributed by atoms with Crippen LogP contribution in [-0.4, -0.2) is 38.7 Å². The number of hydrogen-bond acceptors (Lipinski definition) is 3. The van der Waals surface area contributed by atoms with Crippen LogP contribution in [0.1, 0.15) is 46.5 Å². The summed E-state index contributed by atoms with van der Waals surface area (Å²) in [7, 11) is 0. The number of likely N-dealkylation sites (tertiary alicyclic amines) is 1.